The molecule has 0 saturated heterocycles. The quantitative estimate of drug-likeness (QED) is 0.378. The molecule has 2 heterocycles. The Morgan fingerprint density at radius 3 is 2.41 bits per heavy atom. The summed E-state index contributed by atoms with van der Waals surface area (Å²) < 4.78 is 6.90. The van der Waals surface area contributed by atoms with Gasteiger partial charge in [0.2, 0.25) is 5.90 Å². The Morgan fingerprint density at radius 1 is 1.00 bits per heavy atom. The first-order valence-electron chi connectivity index (χ1n) is 8.63. The van der Waals surface area contributed by atoms with E-state index in [1.54, 1.807) is 29.0 Å². The highest BCUT2D eigenvalue weighted by Gasteiger charge is 2.26. The van der Waals surface area contributed by atoms with Crippen molar-refractivity contribution in [2.24, 2.45) is 4.99 Å². The molecule has 0 unspecified atom stereocenters. The molecule has 0 aliphatic carbocycles. The van der Waals surface area contributed by atoms with E-state index in [1.807, 2.05) is 38.1 Å². The van der Waals surface area contributed by atoms with Crippen molar-refractivity contribution in [2.75, 3.05) is 0 Å². The highest BCUT2D eigenvalue weighted by atomic mass is 35.5. The Morgan fingerprint density at radius 2 is 1.72 bits per heavy atom. The first kappa shape index (κ1) is 19.7. The van der Waals surface area contributed by atoms with Gasteiger partial charge in [-0.25, -0.2) is 14.5 Å². The van der Waals surface area contributed by atoms with Gasteiger partial charge in [-0.3, -0.25) is 0 Å². The van der Waals surface area contributed by atoms with Crippen LogP contribution < -0.4 is 0 Å². The van der Waals surface area contributed by atoms with Crippen molar-refractivity contribution in [1.82, 2.24) is 9.78 Å². The second kappa shape index (κ2) is 7.67. The standard InChI is InChI=1S/C21H14Cl3N3O2/c1-11-3-6-14(7-4-11)27-19(24)15(12(2)26-27)10-18-21(28)29-20(25-18)13-5-8-16(22)17(23)9-13/h3-10H,1-2H3/b18-10-. The number of benzene rings is 2. The van der Waals surface area contributed by atoms with Crippen LogP contribution in [-0.2, 0) is 9.53 Å². The van der Waals surface area contributed by atoms with Gasteiger partial charge >= 0.3 is 5.97 Å². The molecule has 2 aromatic carbocycles. The molecule has 3 aromatic rings. The lowest BCUT2D eigenvalue weighted by atomic mass is 10.2. The Labute approximate surface area is 182 Å². The van der Waals surface area contributed by atoms with Gasteiger partial charge < -0.3 is 4.74 Å². The van der Waals surface area contributed by atoms with Crippen LogP contribution in [0.3, 0.4) is 0 Å². The van der Waals surface area contributed by atoms with E-state index in [0.717, 1.165) is 11.3 Å². The molecular weight excluding hydrogens is 433 g/mol. The van der Waals surface area contributed by atoms with Crippen molar-refractivity contribution < 1.29 is 9.53 Å². The third-order valence-electron chi connectivity index (χ3n) is 4.39. The van der Waals surface area contributed by atoms with Gasteiger partial charge in [-0.2, -0.15) is 5.10 Å². The summed E-state index contributed by atoms with van der Waals surface area (Å²) in [6.07, 6.45) is 1.57. The Bertz CT molecular complexity index is 1190. The molecule has 29 heavy (non-hydrogen) atoms. The molecule has 0 saturated carbocycles. The van der Waals surface area contributed by atoms with Gasteiger partial charge in [-0.15, -0.1) is 0 Å². The number of nitrogens with zero attached hydrogens (tertiary/aromatic N) is 3. The second-order valence-electron chi connectivity index (χ2n) is 6.50. The van der Waals surface area contributed by atoms with E-state index in [9.17, 15) is 4.79 Å². The molecular formula is C21H14Cl3N3O2. The number of hydrogen-bond donors (Lipinski definition) is 0. The summed E-state index contributed by atoms with van der Waals surface area (Å²) in [4.78, 5) is 16.6. The zero-order valence-electron chi connectivity index (χ0n) is 15.4. The van der Waals surface area contributed by atoms with E-state index in [1.165, 1.54) is 0 Å². The average Bonchev–Trinajstić information content (AvgIpc) is 3.19. The van der Waals surface area contributed by atoms with Crippen LogP contribution in [0.5, 0.6) is 0 Å². The number of hydrogen-bond acceptors (Lipinski definition) is 4. The van der Waals surface area contributed by atoms with Crippen molar-refractivity contribution in [2.45, 2.75) is 13.8 Å². The van der Waals surface area contributed by atoms with Gasteiger partial charge in [0.15, 0.2) is 5.70 Å². The third-order valence-corrected chi connectivity index (χ3v) is 5.50. The highest BCUT2D eigenvalue weighted by molar-refractivity contribution is 6.42. The Kier molecular flexibility index (Phi) is 5.21. The molecule has 0 radical (unpaired) electrons. The monoisotopic (exact) mass is 445 g/mol. The maximum atomic E-state index is 12.3. The predicted octanol–water partition coefficient (Wildman–Crippen LogP) is 5.79. The van der Waals surface area contributed by atoms with Crippen LogP contribution in [0, 0.1) is 13.8 Å². The van der Waals surface area contributed by atoms with Gasteiger partial charge in [0, 0.05) is 11.1 Å². The van der Waals surface area contributed by atoms with Crippen LogP contribution >= 0.6 is 34.8 Å². The summed E-state index contributed by atoms with van der Waals surface area (Å²) in [5.41, 5.74) is 3.89. The molecule has 146 valence electrons. The molecule has 0 bridgehead atoms. The number of carbonyl (C=O) groups is 1. The summed E-state index contributed by atoms with van der Waals surface area (Å²) in [6, 6.07) is 12.7. The summed E-state index contributed by atoms with van der Waals surface area (Å²) in [5.74, 6) is -0.427. The number of halogens is 3. The van der Waals surface area contributed by atoms with Crippen molar-refractivity contribution in [3.63, 3.8) is 0 Å². The first-order chi connectivity index (χ1) is 13.8. The minimum Gasteiger partial charge on any atom is -0.402 e. The minimum atomic E-state index is -0.579. The number of esters is 1. The fourth-order valence-corrected chi connectivity index (χ4v) is 3.46. The third kappa shape index (κ3) is 3.81. The number of cyclic esters (lactones) is 1. The lowest BCUT2D eigenvalue weighted by molar-refractivity contribution is -0.129. The van der Waals surface area contributed by atoms with Gasteiger partial charge in [0.25, 0.3) is 0 Å². The van der Waals surface area contributed by atoms with Gasteiger partial charge in [0.1, 0.15) is 5.15 Å². The molecule has 1 aliphatic heterocycles. The number of rotatable bonds is 3. The largest absolute Gasteiger partial charge is 0.402 e. The van der Waals surface area contributed by atoms with Crippen molar-refractivity contribution in [3.05, 3.63) is 85.7 Å². The van der Waals surface area contributed by atoms with Crippen LogP contribution in [0.15, 0.2) is 53.2 Å². The maximum absolute atomic E-state index is 12.3. The number of carbonyl (C=O) groups excluding carboxylic acids is 1. The summed E-state index contributed by atoms with van der Waals surface area (Å²) in [7, 11) is 0. The smallest absolute Gasteiger partial charge is 0.363 e. The summed E-state index contributed by atoms with van der Waals surface area (Å²) in [5, 5.41) is 5.61. The normalized spacial score (nSPS) is 15.0. The lowest BCUT2D eigenvalue weighted by Gasteiger charge is -2.03. The Balaban J connectivity index is 1.72. The zero-order chi connectivity index (χ0) is 20.7. The van der Waals surface area contributed by atoms with Crippen LogP contribution in [0.4, 0.5) is 0 Å². The number of aliphatic imine (C=N–C) groups is 1. The van der Waals surface area contributed by atoms with E-state index in [0.29, 0.717) is 32.0 Å². The van der Waals surface area contributed by atoms with E-state index in [2.05, 4.69) is 10.1 Å². The Hall–Kier alpha value is -2.60. The van der Waals surface area contributed by atoms with Crippen molar-refractivity contribution in [1.29, 1.82) is 0 Å². The van der Waals surface area contributed by atoms with Gasteiger partial charge in [-0.1, -0.05) is 52.5 Å². The fraction of sp³-hybridized carbons (Fsp3) is 0.0952. The summed E-state index contributed by atoms with van der Waals surface area (Å²) >= 11 is 18.5. The van der Waals surface area contributed by atoms with E-state index >= 15 is 0 Å². The van der Waals surface area contributed by atoms with Gasteiger partial charge in [0.05, 0.1) is 21.4 Å². The first-order valence-corrected chi connectivity index (χ1v) is 9.77. The van der Waals surface area contributed by atoms with E-state index in [-0.39, 0.29) is 11.6 Å². The summed E-state index contributed by atoms with van der Waals surface area (Å²) in [6.45, 7) is 3.82. The molecule has 0 N–H and O–H groups in total. The molecule has 0 amide bonds. The molecule has 0 fully saturated rings. The maximum Gasteiger partial charge on any atom is 0.363 e. The molecule has 8 heteroatoms. The van der Waals surface area contributed by atoms with E-state index in [4.69, 9.17) is 39.5 Å². The van der Waals surface area contributed by atoms with Crippen LogP contribution in [0.2, 0.25) is 15.2 Å². The molecule has 0 atom stereocenters. The molecule has 0 spiro atoms. The number of ether oxygens (including phenoxy) is 1. The second-order valence-corrected chi connectivity index (χ2v) is 7.67. The SMILES string of the molecule is Cc1ccc(-n2nc(C)c(/C=C3\N=C(c4ccc(Cl)c(Cl)c4)OC3=O)c2Cl)cc1. The zero-order valence-corrected chi connectivity index (χ0v) is 17.7. The van der Waals surface area contributed by atoms with Crippen molar-refractivity contribution >= 4 is 52.7 Å². The molecule has 5 nitrogen and oxygen atoms in total. The van der Waals surface area contributed by atoms with E-state index < -0.39 is 5.97 Å². The molecule has 1 aliphatic rings. The number of aromatic nitrogens is 2. The van der Waals surface area contributed by atoms with Crippen LogP contribution in [0.25, 0.3) is 11.8 Å². The number of aryl methyl sites for hydroxylation is 2. The van der Waals surface area contributed by atoms with Crippen LogP contribution in [0.1, 0.15) is 22.4 Å². The molecule has 4 rings (SSSR count). The average molecular weight is 447 g/mol. The van der Waals surface area contributed by atoms with Crippen LogP contribution in [-0.4, -0.2) is 21.6 Å². The lowest BCUT2D eigenvalue weighted by Crippen LogP contribution is -2.05. The van der Waals surface area contributed by atoms with Gasteiger partial charge in [-0.05, 0) is 50.3 Å². The topological polar surface area (TPSA) is 56.5 Å². The predicted molar refractivity (Wildman–Crippen MR) is 115 cm³/mol. The minimum absolute atomic E-state index is 0.125. The molecule has 1 aromatic heterocycles. The highest BCUT2D eigenvalue weighted by Crippen LogP contribution is 2.29. The fourth-order valence-electron chi connectivity index (χ4n) is 2.83. The van der Waals surface area contributed by atoms with Crippen molar-refractivity contribution in [3.8, 4) is 5.69 Å².